The van der Waals surface area contributed by atoms with Gasteiger partial charge in [-0.25, -0.2) is 13.2 Å². The van der Waals surface area contributed by atoms with Crippen LogP contribution in [0.5, 0.6) is 0 Å². The maximum Gasteiger partial charge on any atom is 0.258 e. The Morgan fingerprint density at radius 1 is 0.952 bits per heavy atom. The predicted octanol–water partition coefficient (Wildman–Crippen LogP) is 4.48. The summed E-state index contributed by atoms with van der Waals surface area (Å²) in [5.74, 6) is -4.96. The van der Waals surface area contributed by atoms with Crippen LogP contribution in [0.15, 0.2) is 36.4 Å². The van der Waals surface area contributed by atoms with Crippen LogP contribution in [0.4, 0.5) is 18.9 Å². The number of carbonyl (C=O) groups is 1. The van der Waals surface area contributed by atoms with Gasteiger partial charge in [0, 0.05) is 5.69 Å². The summed E-state index contributed by atoms with van der Waals surface area (Å²) in [5.41, 5.74) is 1.00. The first-order chi connectivity index (χ1) is 9.90. The summed E-state index contributed by atoms with van der Waals surface area (Å²) in [5, 5.41) is 2.44. The number of amides is 1. The van der Waals surface area contributed by atoms with Crippen LogP contribution < -0.4 is 5.32 Å². The largest absolute Gasteiger partial charge is 0.322 e. The number of anilines is 1. The van der Waals surface area contributed by atoms with Gasteiger partial charge in [0.25, 0.3) is 5.91 Å². The lowest BCUT2D eigenvalue weighted by Crippen LogP contribution is -2.15. The molecule has 0 aliphatic rings. The zero-order valence-electron chi connectivity index (χ0n) is 11.6. The van der Waals surface area contributed by atoms with Gasteiger partial charge in [-0.15, -0.1) is 0 Å². The van der Waals surface area contributed by atoms with E-state index in [0.29, 0.717) is 11.6 Å². The van der Waals surface area contributed by atoms with Crippen molar-refractivity contribution in [3.63, 3.8) is 0 Å². The highest BCUT2D eigenvalue weighted by Gasteiger charge is 2.18. The second kappa shape index (κ2) is 5.99. The van der Waals surface area contributed by atoms with E-state index in [4.69, 9.17) is 0 Å². The molecule has 0 bridgehead atoms. The zero-order valence-corrected chi connectivity index (χ0v) is 11.6. The third-order valence-corrected chi connectivity index (χ3v) is 3.12. The summed E-state index contributed by atoms with van der Waals surface area (Å²) >= 11 is 0. The minimum absolute atomic E-state index is 0.346. The van der Waals surface area contributed by atoms with Gasteiger partial charge < -0.3 is 5.32 Å². The van der Waals surface area contributed by atoms with E-state index >= 15 is 0 Å². The lowest BCUT2D eigenvalue weighted by molar-refractivity contribution is 0.102. The summed E-state index contributed by atoms with van der Waals surface area (Å²) < 4.78 is 39.4. The van der Waals surface area contributed by atoms with Gasteiger partial charge in [0.05, 0.1) is 5.56 Å². The molecule has 0 radical (unpaired) electrons. The van der Waals surface area contributed by atoms with Crippen molar-refractivity contribution in [2.45, 2.75) is 19.8 Å². The smallest absolute Gasteiger partial charge is 0.258 e. The topological polar surface area (TPSA) is 29.1 Å². The van der Waals surface area contributed by atoms with E-state index in [9.17, 15) is 18.0 Å². The summed E-state index contributed by atoms with van der Waals surface area (Å²) in [6.07, 6.45) is 0. The van der Waals surface area contributed by atoms with Gasteiger partial charge in [-0.1, -0.05) is 26.0 Å². The number of nitrogens with one attached hydrogen (secondary N) is 1. The van der Waals surface area contributed by atoms with Crippen LogP contribution in [0.1, 0.15) is 35.7 Å². The quantitative estimate of drug-likeness (QED) is 0.831. The number of benzene rings is 2. The zero-order chi connectivity index (χ0) is 15.6. The molecule has 0 heterocycles. The van der Waals surface area contributed by atoms with Gasteiger partial charge in [0.15, 0.2) is 17.5 Å². The molecule has 0 aliphatic carbocycles. The molecule has 0 fully saturated rings. The highest BCUT2D eigenvalue weighted by molar-refractivity contribution is 6.04. The lowest BCUT2D eigenvalue weighted by atomic mass is 10.0. The van der Waals surface area contributed by atoms with E-state index in [1.54, 1.807) is 12.1 Å². The van der Waals surface area contributed by atoms with E-state index < -0.39 is 28.9 Å². The molecule has 0 saturated heterocycles. The molecule has 1 N–H and O–H groups in total. The Balaban J connectivity index is 2.20. The van der Waals surface area contributed by atoms with Crippen LogP contribution in [0, 0.1) is 17.5 Å². The highest BCUT2D eigenvalue weighted by Crippen LogP contribution is 2.19. The molecule has 0 unspecified atom stereocenters. The van der Waals surface area contributed by atoms with Crippen LogP contribution >= 0.6 is 0 Å². The Bertz CT molecular complexity index is 666. The molecule has 0 atom stereocenters. The standard InChI is InChI=1S/C16H14F3NO/c1-9(2)10-3-5-11(6-4-10)20-16(21)12-7-8-13(17)15(19)14(12)18/h3-9H,1-2H3,(H,20,21). The van der Waals surface area contributed by atoms with Gasteiger partial charge in [-0.2, -0.15) is 0 Å². The fourth-order valence-electron chi connectivity index (χ4n) is 1.85. The van der Waals surface area contributed by atoms with E-state index in [2.05, 4.69) is 5.32 Å². The summed E-state index contributed by atoms with van der Waals surface area (Å²) in [4.78, 5) is 11.9. The summed E-state index contributed by atoms with van der Waals surface area (Å²) in [6, 6.07) is 8.64. The minimum Gasteiger partial charge on any atom is -0.322 e. The van der Waals surface area contributed by atoms with Gasteiger partial charge >= 0.3 is 0 Å². The molecule has 0 aromatic heterocycles. The van der Waals surface area contributed by atoms with E-state index in [1.165, 1.54) is 0 Å². The second-order valence-electron chi connectivity index (χ2n) is 4.95. The first-order valence-electron chi connectivity index (χ1n) is 6.45. The highest BCUT2D eigenvalue weighted by atomic mass is 19.2. The maximum atomic E-state index is 13.5. The molecule has 2 rings (SSSR count). The molecule has 2 aromatic carbocycles. The van der Waals surface area contributed by atoms with Gasteiger partial charge in [-0.3, -0.25) is 4.79 Å². The Kier molecular flexibility index (Phi) is 4.31. The average molecular weight is 293 g/mol. The number of hydrogen-bond donors (Lipinski definition) is 1. The molecular formula is C16H14F3NO. The molecule has 0 aliphatic heterocycles. The van der Waals surface area contributed by atoms with Crippen molar-refractivity contribution in [1.82, 2.24) is 0 Å². The normalized spacial score (nSPS) is 10.8. The van der Waals surface area contributed by atoms with E-state index in [1.807, 2.05) is 26.0 Å². The Morgan fingerprint density at radius 2 is 1.57 bits per heavy atom. The van der Waals surface area contributed by atoms with Crippen molar-refractivity contribution in [2.75, 3.05) is 5.32 Å². The first kappa shape index (κ1) is 15.1. The van der Waals surface area contributed by atoms with Crippen LogP contribution in [0.2, 0.25) is 0 Å². The number of rotatable bonds is 3. The van der Waals surface area contributed by atoms with Crippen molar-refractivity contribution >= 4 is 11.6 Å². The van der Waals surface area contributed by atoms with Crippen molar-refractivity contribution in [3.8, 4) is 0 Å². The van der Waals surface area contributed by atoms with Gasteiger partial charge in [0.1, 0.15) is 0 Å². The minimum atomic E-state index is -1.65. The molecule has 2 aromatic rings. The SMILES string of the molecule is CC(C)c1ccc(NC(=O)c2ccc(F)c(F)c2F)cc1. The second-order valence-corrected chi connectivity index (χ2v) is 4.95. The Labute approximate surface area is 120 Å². The van der Waals surface area contributed by atoms with Crippen LogP contribution in [0.25, 0.3) is 0 Å². The van der Waals surface area contributed by atoms with Gasteiger partial charge in [-0.05, 0) is 35.7 Å². The first-order valence-corrected chi connectivity index (χ1v) is 6.45. The molecule has 5 heteroatoms. The molecule has 2 nitrogen and oxygen atoms in total. The molecule has 110 valence electrons. The molecule has 0 spiro atoms. The van der Waals surface area contributed by atoms with Crippen molar-refractivity contribution < 1.29 is 18.0 Å². The summed E-state index contributed by atoms with van der Waals surface area (Å²) in [6.45, 7) is 4.06. The predicted molar refractivity (Wildman–Crippen MR) is 74.8 cm³/mol. The summed E-state index contributed by atoms with van der Waals surface area (Å²) in [7, 11) is 0. The third-order valence-electron chi connectivity index (χ3n) is 3.12. The van der Waals surface area contributed by atoms with Crippen LogP contribution in [-0.2, 0) is 0 Å². The molecule has 21 heavy (non-hydrogen) atoms. The van der Waals surface area contributed by atoms with Crippen LogP contribution in [-0.4, -0.2) is 5.91 Å². The average Bonchev–Trinajstić information content (AvgIpc) is 2.45. The van der Waals surface area contributed by atoms with E-state index in [-0.39, 0.29) is 0 Å². The van der Waals surface area contributed by atoms with Crippen molar-refractivity contribution in [1.29, 1.82) is 0 Å². The Hall–Kier alpha value is -2.30. The number of carbonyl (C=O) groups excluding carboxylic acids is 1. The molecule has 1 amide bonds. The fourth-order valence-corrected chi connectivity index (χ4v) is 1.85. The number of halogens is 3. The van der Waals surface area contributed by atoms with Crippen LogP contribution in [0.3, 0.4) is 0 Å². The van der Waals surface area contributed by atoms with Gasteiger partial charge in [0.2, 0.25) is 0 Å². The molecular weight excluding hydrogens is 279 g/mol. The van der Waals surface area contributed by atoms with Crippen molar-refractivity contribution in [3.05, 3.63) is 65.0 Å². The third kappa shape index (κ3) is 3.24. The lowest BCUT2D eigenvalue weighted by Gasteiger charge is -2.09. The maximum absolute atomic E-state index is 13.5. The van der Waals surface area contributed by atoms with Crippen molar-refractivity contribution in [2.24, 2.45) is 0 Å². The monoisotopic (exact) mass is 293 g/mol. The van der Waals surface area contributed by atoms with E-state index in [0.717, 1.165) is 17.7 Å². The number of hydrogen-bond acceptors (Lipinski definition) is 1. The Morgan fingerprint density at radius 3 is 2.14 bits per heavy atom. The fraction of sp³-hybridized carbons (Fsp3) is 0.188. The molecule has 0 saturated carbocycles.